The first-order chi connectivity index (χ1) is 5.61. The van der Waals surface area contributed by atoms with Crippen LogP contribution in [0.3, 0.4) is 0 Å². The quantitative estimate of drug-likeness (QED) is 0.542. The first kappa shape index (κ1) is 9.56. The Hall–Kier alpha value is -0.530. The van der Waals surface area contributed by atoms with Gasteiger partial charge in [-0.25, -0.2) is 0 Å². The second kappa shape index (κ2) is 3.92. The molecule has 0 aromatic rings. The zero-order valence-electron chi connectivity index (χ0n) is 8.34. The van der Waals surface area contributed by atoms with Crippen molar-refractivity contribution in [2.45, 2.75) is 33.6 Å². The first-order valence-electron chi connectivity index (χ1n) is 4.86. The predicted octanol–water partition coefficient (Wildman–Crippen LogP) is 1.90. The molecule has 0 unspecified atom stereocenters. The third kappa shape index (κ3) is 2.23. The molecular formula is C10H19NO. The average molecular weight is 169 g/mol. The minimum Gasteiger partial charge on any atom is -0.343 e. The average Bonchev–Trinajstić information content (AvgIpc) is 2.15. The van der Waals surface area contributed by atoms with Crippen molar-refractivity contribution in [1.82, 2.24) is 4.90 Å². The lowest BCUT2D eigenvalue weighted by Crippen LogP contribution is -2.32. The van der Waals surface area contributed by atoms with E-state index in [2.05, 4.69) is 13.8 Å². The number of hydrogen-bond donors (Lipinski definition) is 0. The van der Waals surface area contributed by atoms with E-state index in [0.29, 0.717) is 5.92 Å². The Kier molecular flexibility index (Phi) is 3.12. The van der Waals surface area contributed by atoms with Crippen molar-refractivity contribution in [3.8, 4) is 0 Å². The highest BCUT2D eigenvalue weighted by Crippen LogP contribution is 2.22. The largest absolute Gasteiger partial charge is 0.343 e. The summed E-state index contributed by atoms with van der Waals surface area (Å²) < 4.78 is 0. The Balaban J connectivity index is 2.54. The van der Waals surface area contributed by atoms with Crippen LogP contribution in [-0.2, 0) is 4.79 Å². The van der Waals surface area contributed by atoms with Crippen LogP contribution in [0, 0.1) is 11.8 Å². The van der Waals surface area contributed by atoms with Gasteiger partial charge in [0.15, 0.2) is 0 Å². The summed E-state index contributed by atoms with van der Waals surface area (Å²) in [6.45, 7) is 8.11. The number of carbonyl (C=O) groups is 1. The number of carbonyl (C=O) groups excluding carboxylic acids is 1. The van der Waals surface area contributed by atoms with Gasteiger partial charge in [-0.05, 0) is 24.7 Å². The van der Waals surface area contributed by atoms with Crippen LogP contribution in [0.1, 0.15) is 33.6 Å². The summed E-state index contributed by atoms with van der Waals surface area (Å²) in [7, 11) is 0. The summed E-state index contributed by atoms with van der Waals surface area (Å²) in [4.78, 5) is 13.1. The second-order valence-electron chi connectivity index (χ2n) is 4.06. The number of nitrogens with zero attached hydrogens (tertiary/aromatic N) is 1. The molecule has 2 atom stereocenters. The Morgan fingerprint density at radius 3 is 2.58 bits per heavy atom. The Labute approximate surface area is 74.9 Å². The highest BCUT2D eigenvalue weighted by Gasteiger charge is 2.21. The van der Waals surface area contributed by atoms with Gasteiger partial charge in [-0.1, -0.05) is 13.8 Å². The van der Waals surface area contributed by atoms with Crippen molar-refractivity contribution in [1.29, 1.82) is 0 Å². The fourth-order valence-electron chi connectivity index (χ4n) is 1.79. The van der Waals surface area contributed by atoms with Crippen molar-refractivity contribution in [2.75, 3.05) is 13.1 Å². The van der Waals surface area contributed by atoms with Gasteiger partial charge in [-0.2, -0.15) is 0 Å². The molecule has 2 heteroatoms. The molecule has 0 N–H and O–H groups in total. The molecule has 0 spiro atoms. The third-order valence-electron chi connectivity index (χ3n) is 3.01. The van der Waals surface area contributed by atoms with Gasteiger partial charge in [-0.15, -0.1) is 0 Å². The summed E-state index contributed by atoms with van der Waals surface area (Å²) >= 11 is 0. The number of amides is 1. The van der Waals surface area contributed by atoms with Gasteiger partial charge < -0.3 is 4.90 Å². The van der Waals surface area contributed by atoms with Crippen molar-refractivity contribution in [3.63, 3.8) is 0 Å². The highest BCUT2D eigenvalue weighted by atomic mass is 16.2. The third-order valence-corrected chi connectivity index (χ3v) is 3.01. The van der Waals surface area contributed by atoms with Crippen LogP contribution in [0.15, 0.2) is 0 Å². The van der Waals surface area contributed by atoms with Crippen molar-refractivity contribution in [2.24, 2.45) is 11.8 Å². The Morgan fingerprint density at radius 2 is 2.00 bits per heavy atom. The molecular weight excluding hydrogens is 150 g/mol. The van der Waals surface area contributed by atoms with E-state index in [4.69, 9.17) is 0 Å². The van der Waals surface area contributed by atoms with Crippen LogP contribution in [0.4, 0.5) is 0 Å². The lowest BCUT2D eigenvalue weighted by atomic mass is 9.93. The van der Waals surface area contributed by atoms with Crippen LogP contribution >= 0.6 is 0 Å². The van der Waals surface area contributed by atoms with Gasteiger partial charge in [0.25, 0.3) is 0 Å². The molecule has 2 nitrogen and oxygen atoms in total. The molecule has 0 saturated carbocycles. The maximum atomic E-state index is 11.1. The van der Waals surface area contributed by atoms with E-state index in [9.17, 15) is 4.79 Å². The topological polar surface area (TPSA) is 20.3 Å². The minimum atomic E-state index is 0.232. The first-order valence-corrected chi connectivity index (χ1v) is 4.86. The summed E-state index contributed by atoms with van der Waals surface area (Å²) in [5.41, 5.74) is 0. The van der Waals surface area contributed by atoms with Crippen LogP contribution in [0.2, 0.25) is 0 Å². The molecule has 0 radical (unpaired) electrons. The van der Waals surface area contributed by atoms with Crippen LogP contribution in [-0.4, -0.2) is 23.9 Å². The van der Waals surface area contributed by atoms with Crippen molar-refractivity contribution < 1.29 is 4.79 Å². The molecule has 0 aliphatic carbocycles. The van der Waals surface area contributed by atoms with Gasteiger partial charge in [0, 0.05) is 20.0 Å². The molecule has 0 bridgehead atoms. The van der Waals surface area contributed by atoms with Crippen LogP contribution in [0.5, 0.6) is 0 Å². The van der Waals surface area contributed by atoms with E-state index < -0.39 is 0 Å². The normalized spacial score (nSPS) is 31.4. The molecule has 1 amide bonds. The highest BCUT2D eigenvalue weighted by molar-refractivity contribution is 5.73. The summed E-state index contributed by atoms with van der Waals surface area (Å²) in [5.74, 6) is 1.67. The lowest BCUT2D eigenvalue weighted by molar-refractivity contribution is -0.129. The summed E-state index contributed by atoms with van der Waals surface area (Å²) in [5, 5.41) is 0. The zero-order valence-corrected chi connectivity index (χ0v) is 8.34. The lowest BCUT2D eigenvalue weighted by Gasteiger charge is -2.22. The molecule has 1 rings (SSSR count). The van der Waals surface area contributed by atoms with Gasteiger partial charge in [0.1, 0.15) is 0 Å². The van der Waals surface area contributed by atoms with Gasteiger partial charge in [-0.3, -0.25) is 4.79 Å². The Bertz CT molecular complexity index is 167. The van der Waals surface area contributed by atoms with E-state index in [0.717, 1.165) is 19.0 Å². The van der Waals surface area contributed by atoms with E-state index >= 15 is 0 Å². The summed E-state index contributed by atoms with van der Waals surface area (Å²) in [6.07, 6.45) is 2.44. The van der Waals surface area contributed by atoms with E-state index in [1.165, 1.54) is 12.8 Å². The fourth-order valence-corrected chi connectivity index (χ4v) is 1.79. The molecule has 70 valence electrons. The second-order valence-corrected chi connectivity index (χ2v) is 4.06. The molecule has 1 aliphatic heterocycles. The molecule has 0 aromatic carbocycles. The number of likely N-dealkylation sites (tertiary alicyclic amines) is 1. The minimum absolute atomic E-state index is 0.232. The molecule has 1 fully saturated rings. The Morgan fingerprint density at radius 1 is 1.33 bits per heavy atom. The monoisotopic (exact) mass is 169 g/mol. The maximum absolute atomic E-state index is 11.1. The molecule has 1 saturated heterocycles. The van der Waals surface area contributed by atoms with E-state index in [1.54, 1.807) is 6.92 Å². The zero-order chi connectivity index (χ0) is 9.14. The van der Waals surface area contributed by atoms with Gasteiger partial charge in [0.05, 0.1) is 0 Å². The molecule has 1 heterocycles. The van der Waals surface area contributed by atoms with E-state index in [1.807, 2.05) is 4.90 Å². The smallest absolute Gasteiger partial charge is 0.219 e. The fraction of sp³-hybridized carbons (Fsp3) is 0.900. The standard InChI is InChI=1S/C10H19NO/c1-8-5-4-6-11(10(3)12)7-9(8)2/h8-9H,4-7H2,1-3H3/t8-,9+/m1/s1. The SMILES string of the molecule is CC(=O)N1CCC[C@@H](C)[C@@H](C)C1. The van der Waals surface area contributed by atoms with Crippen molar-refractivity contribution in [3.05, 3.63) is 0 Å². The molecule has 1 aliphatic rings. The van der Waals surface area contributed by atoms with Gasteiger partial charge in [0.2, 0.25) is 5.91 Å². The van der Waals surface area contributed by atoms with Crippen LogP contribution in [0.25, 0.3) is 0 Å². The van der Waals surface area contributed by atoms with E-state index in [-0.39, 0.29) is 5.91 Å². The predicted molar refractivity (Wildman–Crippen MR) is 49.8 cm³/mol. The number of rotatable bonds is 0. The molecule has 12 heavy (non-hydrogen) atoms. The van der Waals surface area contributed by atoms with Gasteiger partial charge >= 0.3 is 0 Å². The summed E-state index contributed by atoms with van der Waals surface area (Å²) in [6, 6.07) is 0. The maximum Gasteiger partial charge on any atom is 0.219 e. The molecule has 0 aromatic heterocycles. The van der Waals surface area contributed by atoms with Crippen LogP contribution < -0.4 is 0 Å². The number of hydrogen-bond acceptors (Lipinski definition) is 1. The van der Waals surface area contributed by atoms with Crippen molar-refractivity contribution >= 4 is 5.91 Å².